The first-order chi connectivity index (χ1) is 11.3. The molecule has 2 rings (SSSR count). The standard InChI is InChI=1S/C16H32N4O3/c1-2-17-15(18-5-6-20-7-11-22-12-8-20)19-13-16(3-9-21)4-10-23-14-16/h21H,2-14H2,1H3,(H2,17,18,19). The van der Waals surface area contributed by atoms with E-state index in [1.165, 1.54) is 0 Å². The van der Waals surface area contributed by atoms with Crippen molar-refractivity contribution >= 4 is 5.96 Å². The molecule has 0 aromatic carbocycles. The molecule has 2 aliphatic heterocycles. The minimum absolute atomic E-state index is 0.00130. The van der Waals surface area contributed by atoms with Gasteiger partial charge in [0.15, 0.2) is 5.96 Å². The van der Waals surface area contributed by atoms with Crippen LogP contribution in [0.3, 0.4) is 0 Å². The average molecular weight is 328 g/mol. The topological polar surface area (TPSA) is 78.4 Å². The Morgan fingerprint density at radius 3 is 2.70 bits per heavy atom. The van der Waals surface area contributed by atoms with Crippen LogP contribution in [0.25, 0.3) is 0 Å². The third-order valence-electron chi connectivity index (χ3n) is 4.57. The lowest BCUT2D eigenvalue weighted by atomic mass is 9.84. The third-order valence-corrected chi connectivity index (χ3v) is 4.57. The van der Waals surface area contributed by atoms with Crippen LogP contribution in [-0.2, 0) is 9.47 Å². The first-order valence-electron chi connectivity index (χ1n) is 8.79. The summed E-state index contributed by atoms with van der Waals surface area (Å²) < 4.78 is 10.9. The zero-order valence-electron chi connectivity index (χ0n) is 14.4. The first-order valence-corrected chi connectivity index (χ1v) is 8.79. The Hall–Kier alpha value is -0.890. The summed E-state index contributed by atoms with van der Waals surface area (Å²) in [5.74, 6) is 0.852. The Morgan fingerprint density at radius 1 is 1.22 bits per heavy atom. The molecule has 0 aromatic rings. The van der Waals surface area contributed by atoms with Crippen LogP contribution < -0.4 is 10.6 Å². The monoisotopic (exact) mass is 328 g/mol. The minimum Gasteiger partial charge on any atom is -0.396 e. The lowest BCUT2D eigenvalue weighted by Crippen LogP contribution is -2.44. The Bertz CT molecular complexity index is 353. The maximum Gasteiger partial charge on any atom is 0.191 e. The predicted octanol–water partition coefficient (Wildman–Crippen LogP) is -0.337. The summed E-state index contributed by atoms with van der Waals surface area (Å²) in [6, 6.07) is 0. The Morgan fingerprint density at radius 2 is 2.04 bits per heavy atom. The molecular formula is C16H32N4O3. The molecule has 0 spiro atoms. The molecule has 0 amide bonds. The van der Waals surface area contributed by atoms with Gasteiger partial charge in [-0.25, -0.2) is 0 Å². The highest BCUT2D eigenvalue weighted by molar-refractivity contribution is 5.79. The van der Waals surface area contributed by atoms with Crippen LogP contribution in [0.5, 0.6) is 0 Å². The summed E-state index contributed by atoms with van der Waals surface area (Å²) in [5.41, 5.74) is 0.00130. The van der Waals surface area contributed by atoms with Crippen LogP contribution in [0.15, 0.2) is 4.99 Å². The number of aliphatic imine (C=N–C) groups is 1. The van der Waals surface area contributed by atoms with Crippen molar-refractivity contribution in [1.29, 1.82) is 0 Å². The molecule has 1 unspecified atom stereocenters. The van der Waals surface area contributed by atoms with E-state index >= 15 is 0 Å². The number of morpholine rings is 1. The molecule has 0 saturated carbocycles. The summed E-state index contributed by atoms with van der Waals surface area (Å²) in [6.07, 6.45) is 1.73. The maximum absolute atomic E-state index is 9.30. The van der Waals surface area contributed by atoms with E-state index in [0.29, 0.717) is 13.2 Å². The number of nitrogens with zero attached hydrogens (tertiary/aromatic N) is 2. The highest BCUT2D eigenvalue weighted by atomic mass is 16.5. The second-order valence-corrected chi connectivity index (χ2v) is 6.35. The number of nitrogens with one attached hydrogen (secondary N) is 2. The number of hydrogen-bond donors (Lipinski definition) is 3. The molecule has 0 radical (unpaired) electrons. The molecule has 2 fully saturated rings. The van der Waals surface area contributed by atoms with Gasteiger partial charge >= 0.3 is 0 Å². The first kappa shape index (κ1) is 18.4. The van der Waals surface area contributed by atoms with E-state index in [0.717, 1.165) is 71.3 Å². The summed E-state index contributed by atoms with van der Waals surface area (Å²) >= 11 is 0. The molecule has 134 valence electrons. The number of hydrogen-bond acceptors (Lipinski definition) is 5. The molecule has 3 N–H and O–H groups in total. The minimum atomic E-state index is 0.00130. The molecule has 1 atom stereocenters. The molecule has 23 heavy (non-hydrogen) atoms. The van der Waals surface area contributed by atoms with E-state index in [1.807, 2.05) is 0 Å². The van der Waals surface area contributed by atoms with Gasteiger partial charge in [0.1, 0.15) is 0 Å². The van der Waals surface area contributed by atoms with Crippen LogP contribution in [-0.4, -0.2) is 88.3 Å². The van der Waals surface area contributed by atoms with Gasteiger partial charge in [0.2, 0.25) is 0 Å². The van der Waals surface area contributed by atoms with Crippen molar-refractivity contribution in [1.82, 2.24) is 15.5 Å². The summed E-state index contributed by atoms with van der Waals surface area (Å²) in [7, 11) is 0. The van der Waals surface area contributed by atoms with Gasteiger partial charge in [-0.05, 0) is 19.8 Å². The van der Waals surface area contributed by atoms with Crippen LogP contribution >= 0.6 is 0 Å². The zero-order valence-corrected chi connectivity index (χ0v) is 14.4. The van der Waals surface area contributed by atoms with Crippen molar-refractivity contribution in [2.75, 3.05) is 72.3 Å². The van der Waals surface area contributed by atoms with Crippen molar-refractivity contribution in [2.24, 2.45) is 10.4 Å². The molecular weight excluding hydrogens is 296 g/mol. The third kappa shape index (κ3) is 6.25. The Kier molecular flexibility index (Phi) is 8.08. The zero-order chi connectivity index (χ0) is 16.4. The summed E-state index contributed by atoms with van der Waals surface area (Å²) in [6.45, 7) is 10.8. The molecule has 0 aromatic heterocycles. The van der Waals surface area contributed by atoms with Crippen LogP contribution in [0.2, 0.25) is 0 Å². The van der Waals surface area contributed by atoms with E-state index in [2.05, 4.69) is 22.5 Å². The van der Waals surface area contributed by atoms with Crippen molar-refractivity contribution in [3.8, 4) is 0 Å². The number of rotatable bonds is 8. The van der Waals surface area contributed by atoms with Crippen molar-refractivity contribution in [3.63, 3.8) is 0 Å². The fraction of sp³-hybridized carbons (Fsp3) is 0.938. The van der Waals surface area contributed by atoms with E-state index < -0.39 is 0 Å². The number of ether oxygens (including phenoxy) is 2. The lowest BCUT2D eigenvalue weighted by Gasteiger charge is -2.27. The SMILES string of the molecule is CCNC(=NCC1(CCO)CCOC1)NCCN1CCOCC1. The van der Waals surface area contributed by atoms with Gasteiger partial charge in [0.05, 0.1) is 26.4 Å². The van der Waals surface area contributed by atoms with E-state index in [-0.39, 0.29) is 12.0 Å². The molecule has 7 nitrogen and oxygen atoms in total. The molecule has 2 heterocycles. The maximum atomic E-state index is 9.30. The van der Waals surface area contributed by atoms with Crippen LogP contribution in [0.4, 0.5) is 0 Å². The quantitative estimate of drug-likeness (QED) is 0.418. The predicted molar refractivity (Wildman–Crippen MR) is 90.8 cm³/mol. The highest BCUT2D eigenvalue weighted by Crippen LogP contribution is 2.32. The normalized spacial score (nSPS) is 26.4. The smallest absolute Gasteiger partial charge is 0.191 e. The van der Waals surface area contributed by atoms with Crippen molar-refractivity contribution < 1.29 is 14.6 Å². The van der Waals surface area contributed by atoms with Crippen LogP contribution in [0, 0.1) is 5.41 Å². The average Bonchev–Trinajstić information content (AvgIpc) is 3.03. The fourth-order valence-corrected chi connectivity index (χ4v) is 3.03. The second kappa shape index (κ2) is 10.1. The van der Waals surface area contributed by atoms with Crippen molar-refractivity contribution in [3.05, 3.63) is 0 Å². The molecule has 2 saturated heterocycles. The van der Waals surface area contributed by atoms with Gasteiger partial charge in [-0.1, -0.05) is 0 Å². The van der Waals surface area contributed by atoms with Gasteiger partial charge in [0, 0.05) is 51.4 Å². The fourth-order valence-electron chi connectivity index (χ4n) is 3.03. The molecule has 2 aliphatic rings. The van der Waals surface area contributed by atoms with Gasteiger partial charge < -0.3 is 25.2 Å². The lowest BCUT2D eigenvalue weighted by molar-refractivity contribution is 0.0389. The summed E-state index contributed by atoms with van der Waals surface area (Å²) in [5, 5.41) is 16.0. The van der Waals surface area contributed by atoms with Crippen molar-refractivity contribution in [2.45, 2.75) is 19.8 Å². The van der Waals surface area contributed by atoms with E-state index in [4.69, 9.17) is 14.5 Å². The number of guanidine groups is 1. The van der Waals surface area contributed by atoms with E-state index in [1.54, 1.807) is 0 Å². The Labute approximate surface area is 139 Å². The molecule has 0 aliphatic carbocycles. The van der Waals surface area contributed by atoms with Gasteiger partial charge in [-0.2, -0.15) is 0 Å². The van der Waals surface area contributed by atoms with E-state index in [9.17, 15) is 5.11 Å². The number of aliphatic hydroxyl groups excluding tert-OH is 1. The summed E-state index contributed by atoms with van der Waals surface area (Å²) in [4.78, 5) is 7.13. The molecule has 7 heteroatoms. The Balaban J connectivity index is 1.78. The second-order valence-electron chi connectivity index (χ2n) is 6.35. The highest BCUT2D eigenvalue weighted by Gasteiger charge is 2.34. The van der Waals surface area contributed by atoms with Gasteiger partial charge in [0.25, 0.3) is 0 Å². The number of aliphatic hydroxyl groups is 1. The largest absolute Gasteiger partial charge is 0.396 e. The van der Waals surface area contributed by atoms with Crippen LogP contribution in [0.1, 0.15) is 19.8 Å². The molecule has 0 bridgehead atoms. The van der Waals surface area contributed by atoms with Gasteiger partial charge in [-0.3, -0.25) is 9.89 Å². The van der Waals surface area contributed by atoms with Gasteiger partial charge in [-0.15, -0.1) is 0 Å².